The molecule has 1 unspecified atom stereocenters. The number of aliphatic hydroxyl groups excluding tert-OH is 1. The van der Waals surface area contributed by atoms with Gasteiger partial charge in [0.1, 0.15) is 7.11 Å². The predicted molar refractivity (Wildman–Crippen MR) is 97.5 cm³/mol. The van der Waals surface area contributed by atoms with E-state index in [1.54, 1.807) is 4.90 Å². The molecule has 1 atom stereocenters. The molecule has 130 valence electrons. The van der Waals surface area contributed by atoms with Gasteiger partial charge in [-0.1, -0.05) is 47.6 Å². The third-order valence-corrected chi connectivity index (χ3v) is 4.45. The normalized spacial score (nSPS) is 18.6. The van der Waals surface area contributed by atoms with Crippen LogP contribution in [0.1, 0.15) is 23.2 Å². The summed E-state index contributed by atoms with van der Waals surface area (Å²) in [4.78, 5) is 19.5. The number of amides is 1. The van der Waals surface area contributed by atoms with Crippen LogP contribution in [0.25, 0.3) is 11.1 Å². The Hall–Kier alpha value is -2.66. The Morgan fingerprint density at radius 2 is 1.84 bits per heavy atom. The van der Waals surface area contributed by atoms with Crippen LogP contribution in [0, 0.1) is 0 Å². The van der Waals surface area contributed by atoms with Gasteiger partial charge in [-0.3, -0.25) is 4.79 Å². The van der Waals surface area contributed by atoms with Crippen molar-refractivity contribution in [2.45, 2.75) is 18.9 Å². The van der Waals surface area contributed by atoms with Gasteiger partial charge in [-0.05, 0) is 29.7 Å². The van der Waals surface area contributed by atoms with Gasteiger partial charge in [-0.25, -0.2) is 0 Å². The molecule has 3 rings (SSSR count). The van der Waals surface area contributed by atoms with Crippen LogP contribution < -0.4 is 0 Å². The molecule has 0 bridgehead atoms. The van der Waals surface area contributed by atoms with Gasteiger partial charge in [0.05, 0.1) is 12.3 Å². The first kappa shape index (κ1) is 17.2. The summed E-state index contributed by atoms with van der Waals surface area (Å²) in [5.41, 5.74) is 3.67. The fourth-order valence-corrected chi connectivity index (χ4v) is 3.21. The summed E-state index contributed by atoms with van der Waals surface area (Å²) in [6.07, 6.45) is 1.18. The lowest BCUT2D eigenvalue weighted by molar-refractivity contribution is 0.0720. The first-order valence-corrected chi connectivity index (χ1v) is 8.39. The molecule has 2 aromatic rings. The molecule has 5 nitrogen and oxygen atoms in total. The maximum Gasteiger partial charge on any atom is 0.254 e. The molecule has 1 aliphatic rings. The van der Waals surface area contributed by atoms with Crippen molar-refractivity contribution in [1.82, 2.24) is 4.90 Å². The largest absolute Gasteiger partial charge is 0.399 e. The number of oxime groups is 1. The lowest BCUT2D eigenvalue weighted by atomic mass is 10.0. The highest BCUT2D eigenvalue weighted by atomic mass is 16.6. The van der Waals surface area contributed by atoms with Crippen molar-refractivity contribution < 1.29 is 14.7 Å². The van der Waals surface area contributed by atoms with Gasteiger partial charge < -0.3 is 14.8 Å². The molecule has 1 saturated heterocycles. The van der Waals surface area contributed by atoms with Gasteiger partial charge >= 0.3 is 0 Å². The standard InChI is InChI=1S/C20H22N2O3/c1-25-21-18-13-19(11-12-23)22(14-18)20(24)17-9-7-16(8-10-17)15-5-3-2-4-6-15/h2-10,19,23H,11-14H2,1H3. The summed E-state index contributed by atoms with van der Waals surface area (Å²) < 4.78 is 0. The number of rotatable bonds is 5. The smallest absolute Gasteiger partial charge is 0.254 e. The molecule has 2 aromatic carbocycles. The summed E-state index contributed by atoms with van der Waals surface area (Å²) in [6, 6.07) is 17.6. The zero-order valence-electron chi connectivity index (χ0n) is 14.3. The SMILES string of the molecule is CON=C1CC(CCO)N(C(=O)c2ccc(-c3ccccc3)cc2)C1. The first-order chi connectivity index (χ1) is 12.2. The molecule has 1 N–H and O–H groups in total. The summed E-state index contributed by atoms with van der Waals surface area (Å²) in [7, 11) is 1.50. The molecular weight excluding hydrogens is 316 g/mol. The van der Waals surface area contributed by atoms with Gasteiger partial charge in [-0.15, -0.1) is 0 Å². The van der Waals surface area contributed by atoms with Crippen molar-refractivity contribution in [2.24, 2.45) is 5.16 Å². The van der Waals surface area contributed by atoms with E-state index in [1.165, 1.54) is 7.11 Å². The third-order valence-electron chi connectivity index (χ3n) is 4.45. The zero-order valence-corrected chi connectivity index (χ0v) is 14.3. The molecule has 1 amide bonds. The molecule has 0 saturated carbocycles. The molecule has 5 heteroatoms. The molecule has 0 aliphatic carbocycles. The number of aliphatic hydroxyl groups is 1. The number of carbonyl (C=O) groups excluding carboxylic acids is 1. The van der Waals surface area contributed by atoms with Crippen LogP contribution in [-0.4, -0.2) is 47.9 Å². The van der Waals surface area contributed by atoms with Crippen molar-refractivity contribution in [2.75, 3.05) is 20.3 Å². The Bertz CT molecular complexity index is 741. The van der Waals surface area contributed by atoms with Crippen LogP contribution in [0.3, 0.4) is 0 Å². The van der Waals surface area contributed by atoms with Crippen molar-refractivity contribution in [3.05, 3.63) is 60.2 Å². The summed E-state index contributed by atoms with van der Waals surface area (Å²) >= 11 is 0. The van der Waals surface area contributed by atoms with E-state index in [2.05, 4.69) is 5.16 Å². The van der Waals surface area contributed by atoms with E-state index in [0.717, 1.165) is 16.8 Å². The minimum atomic E-state index is -0.0423. The number of likely N-dealkylation sites (tertiary alicyclic amines) is 1. The van der Waals surface area contributed by atoms with Gasteiger partial charge in [0, 0.05) is 24.6 Å². The summed E-state index contributed by atoms with van der Waals surface area (Å²) in [6.45, 7) is 0.486. The molecule has 0 aromatic heterocycles. The average Bonchev–Trinajstić information content (AvgIpc) is 3.05. The maximum absolute atomic E-state index is 12.9. The summed E-state index contributed by atoms with van der Waals surface area (Å²) in [5, 5.41) is 13.2. The van der Waals surface area contributed by atoms with Gasteiger partial charge in [0.2, 0.25) is 0 Å². The van der Waals surface area contributed by atoms with Crippen molar-refractivity contribution >= 4 is 11.6 Å². The maximum atomic E-state index is 12.9. The lowest BCUT2D eigenvalue weighted by Gasteiger charge is -2.23. The number of nitrogens with zero attached hydrogens (tertiary/aromatic N) is 2. The Labute approximate surface area is 147 Å². The molecule has 25 heavy (non-hydrogen) atoms. The molecule has 0 spiro atoms. The molecule has 1 heterocycles. The first-order valence-electron chi connectivity index (χ1n) is 8.39. The van der Waals surface area contributed by atoms with Crippen LogP contribution in [0.4, 0.5) is 0 Å². The minimum absolute atomic E-state index is 0.0415. The third kappa shape index (κ3) is 3.88. The topological polar surface area (TPSA) is 62.1 Å². The summed E-state index contributed by atoms with van der Waals surface area (Å²) in [5.74, 6) is -0.0423. The molecular formula is C20H22N2O3. The van der Waals surface area contributed by atoms with E-state index in [-0.39, 0.29) is 18.6 Å². The average molecular weight is 338 g/mol. The second kappa shape index (κ2) is 7.94. The molecule has 1 fully saturated rings. The fourth-order valence-electron chi connectivity index (χ4n) is 3.21. The van der Waals surface area contributed by atoms with E-state index in [1.807, 2.05) is 54.6 Å². The highest BCUT2D eigenvalue weighted by molar-refractivity contribution is 6.00. The van der Waals surface area contributed by atoms with Crippen LogP contribution in [0.15, 0.2) is 59.8 Å². The van der Waals surface area contributed by atoms with Gasteiger partial charge in [-0.2, -0.15) is 0 Å². The van der Waals surface area contributed by atoms with Crippen LogP contribution in [0.2, 0.25) is 0 Å². The number of hydrogen-bond acceptors (Lipinski definition) is 4. The highest BCUT2D eigenvalue weighted by Crippen LogP contribution is 2.24. The highest BCUT2D eigenvalue weighted by Gasteiger charge is 2.33. The number of hydrogen-bond donors (Lipinski definition) is 1. The van der Waals surface area contributed by atoms with Crippen molar-refractivity contribution in [3.8, 4) is 11.1 Å². The minimum Gasteiger partial charge on any atom is -0.399 e. The molecule has 0 radical (unpaired) electrons. The second-order valence-electron chi connectivity index (χ2n) is 6.09. The Morgan fingerprint density at radius 3 is 2.48 bits per heavy atom. The van der Waals surface area contributed by atoms with Crippen LogP contribution in [-0.2, 0) is 4.84 Å². The van der Waals surface area contributed by atoms with Crippen molar-refractivity contribution in [1.29, 1.82) is 0 Å². The van der Waals surface area contributed by atoms with E-state index in [0.29, 0.717) is 24.9 Å². The van der Waals surface area contributed by atoms with E-state index < -0.39 is 0 Å². The van der Waals surface area contributed by atoms with Crippen molar-refractivity contribution in [3.63, 3.8) is 0 Å². The fraction of sp³-hybridized carbons (Fsp3) is 0.300. The van der Waals surface area contributed by atoms with Gasteiger partial charge in [0.25, 0.3) is 5.91 Å². The zero-order chi connectivity index (χ0) is 17.6. The Balaban J connectivity index is 1.78. The Kier molecular flexibility index (Phi) is 5.46. The van der Waals surface area contributed by atoms with E-state index >= 15 is 0 Å². The van der Waals surface area contributed by atoms with E-state index in [9.17, 15) is 9.90 Å². The quantitative estimate of drug-likeness (QED) is 0.853. The Morgan fingerprint density at radius 1 is 1.16 bits per heavy atom. The second-order valence-corrected chi connectivity index (χ2v) is 6.09. The predicted octanol–water partition coefficient (Wildman–Crippen LogP) is 2.95. The van der Waals surface area contributed by atoms with Crippen LogP contribution in [0.5, 0.6) is 0 Å². The van der Waals surface area contributed by atoms with Crippen LogP contribution >= 0.6 is 0 Å². The van der Waals surface area contributed by atoms with Gasteiger partial charge in [0.15, 0.2) is 0 Å². The van der Waals surface area contributed by atoms with E-state index in [4.69, 9.17) is 4.84 Å². The molecule has 1 aliphatic heterocycles. The monoisotopic (exact) mass is 338 g/mol. The number of benzene rings is 2. The lowest BCUT2D eigenvalue weighted by Crippen LogP contribution is -2.36. The number of carbonyl (C=O) groups is 1.